The molecule has 0 heterocycles. The van der Waals surface area contributed by atoms with Crippen molar-refractivity contribution in [3.63, 3.8) is 0 Å². The molecule has 0 aliphatic rings. The zero-order chi connectivity index (χ0) is 14.5. The molecule has 106 valence electrons. The normalized spacial score (nSPS) is 10.2. The Kier molecular flexibility index (Phi) is 4.90. The van der Waals surface area contributed by atoms with Crippen LogP contribution < -0.4 is 14.8 Å². The van der Waals surface area contributed by atoms with Crippen LogP contribution in [0.15, 0.2) is 40.9 Å². The predicted octanol–water partition coefficient (Wildman–Crippen LogP) is 4.39. The number of ether oxygens (including phenoxy) is 2. The zero-order valence-corrected chi connectivity index (χ0v) is 13.5. The third-order valence-electron chi connectivity index (χ3n) is 3.10. The molecule has 2 aromatic carbocycles. The van der Waals surface area contributed by atoms with Crippen LogP contribution in [0.3, 0.4) is 0 Å². The summed E-state index contributed by atoms with van der Waals surface area (Å²) in [5.74, 6) is 1.74. The quantitative estimate of drug-likeness (QED) is 0.879. The van der Waals surface area contributed by atoms with E-state index in [1.807, 2.05) is 31.2 Å². The molecule has 0 unspecified atom stereocenters. The Morgan fingerprint density at radius 1 is 1.00 bits per heavy atom. The number of benzene rings is 2. The Labute approximate surface area is 128 Å². The van der Waals surface area contributed by atoms with Gasteiger partial charge in [0.15, 0.2) is 0 Å². The molecule has 0 radical (unpaired) electrons. The first kappa shape index (κ1) is 14.7. The fourth-order valence-corrected chi connectivity index (χ4v) is 2.43. The van der Waals surface area contributed by atoms with Crippen molar-refractivity contribution in [1.29, 1.82) is 0 Å². The Morgan fingerprint density at radius 3 is 2.35 bits per heavy atom. The van der Waals surface area contributed by atoms with Gasteiger partial charge in [-0.05, 0) is 42.3 Å². The molecule has 3 nitrogen and oxygen atoms in total. The Balaban J connectivity index is 2.12. The fraction of sp³-hybridized carbons (Fsp3) is 0.250. The van der Waals surface area contributed by atoms with Crippen LogP contribution in [-0.4, -0.2) is 14.2 Å². The second-order valence-corrected chi connectivity index (χ2v) is 5.42. The van der Waals surface area contributed by atoms with Gasteiger partial charge in [-0.3, -0.25) is 0 Å². The van der Waals surface area contributed by atoms with Crippen LogP contribution in [0.2, 0.25) is 0 Å². The summed E-state index contributed by atoms with van der Waals surface area (Å²) < 4.78 is 11.6. The summed E-state index contributed by atoms with van der Waals surface area (Å²) in [5, 5.41) is 3.39. The molecular weight excluding hydrogens is 318 g/mol. The minimum absolute atomic E-state index is 0.734. The van der Waals surface area contributed by atoms with Crippen LogP contribution in [0.4, 0.5) is 5.69 Å². The van der Waals surface area contributed by atoms with E-state index in [0.29, 0.717) is 0 Å². The first-order valence-electron chi connectivity index (χ1n) is 6.35. The summed E-state index contributed by atoms with van der Waals surface area (Å²) >= 11 is 3.47. The number of aryl methyl sites for hydroxylation is 1. The standard InChI is InChI=1S/C16H18BrNO2/c1-11-8-12(4-6-15(11)19-2)10-18-14-9-13(17)5-7-16(14)20-3/h4-9,18H,10H2,1-3H3. The number of hydrogen-bond acceptors (Lipinski definition) is 3. The highest BCUT2D eigenvalue weighted by molar-refractivity contribution is 9.10. The molecule has 0 aromatic heterocycles. The first-order chi connectivity index (χ1) is 9.63. The van der Waals surface area contributed by atoms with E-state index in [0.717, 1.165) is 33.8 Å². The average molecular weight is 336 g/mol. The molecule has 20 heavy (non-hydrogen) atoms. The van der Waals surface area contributed by atoms with E-state index in [2.05, 4.69) is 33.4 Å². The zero-order valence-electron chi connectivity index (χ0n) is 11.9. The van der Waals surface area contributed by atoms with Crippen LogP contribution in [0.1, 0.15) is 11.1 Å². The molecule has 0 aliphatic carbocycles. The van der Waals surface area contributed by atoms with E-state index in [4.69, 9.17) is 9.47 Å². The van der Waals surface area contributed by atoms with Gasteiger partial charge in [-0.25, -0.2) is 0 Å². The van der Waals surface area contributed by atoms with Gasteiger partial charge in [0, 0.05) is 11.0 Å². The van der Waals surface area contributed by atoms with Crippen molar-refractivity contribution >= 4 is 21.6 Å². The number of nitrogens with one attached hydrogen (secondary N) is 1. The van der Waals surface area contributed by atoms with Crippen LogP contribution in [0.5, 0.6) is 11.5 Å². The van der Waals surface area contributed by atoms with Crippen molar-refractivity contribution in [2.24, 2.45) is 0 Å². The van der Waals surface area contributed by atoms with Crippen molar-refractivity contribution in [2.75, 3.05) is 19.5 Å². The van der Waals surface area contributed by atoms with Gasteiger partial charge >= 0.3 is 0 Å². The van der Waals surface area contributed by atoms with Gasteiger partial charge in [-0.15, -0.1) is 0 Å². The van der Waals surface area contributed by atoms with Gasteiger partial charge in [0.1, 0.15) is 11.5 Å². The van der Waals surface area contributed by atoms with E-state index < -0.39 is 0 Å². The molecule has 0 atom stereocenters. The second kappa shape index (κ2) is 6.66. The predicted molar refractivity (Wildman–Crippen MR) is 85.8 cm³/mol. The minimum Gasteiger partial charge on any atom is -0.496 e. The van der Waals surface area contributed by atoms with Crippen LogP contribution >= 0.6 is 15.9 Å². The average Bonchev–Trinajstić information content (AvgIpc) is 2.45. The SMILES string of the molecule is COc1ccc(CNc2cc(Br)ccc2OC)cc1C. The highest BCUT2D eigenvalue weighted by atomic mass is 79.9. The van der Waals surface area contributed by atoms with Crippen molar-refractivity contribution in [3.05, 3.63) is 52.0 Å². The van der Waals surface area contributed by atoms with Gasteiger partial charge in [0.05, 0.1) is 19.9 Å². The monoisotopic (exact) mass is 335 g/mol. The molecule has 0 spiro atoms. The molecule has 2 aromatic rings. The molecular formula is C16H18BrNO2. The van der Waals surface area contributed by atoms with Gasteiger partial charge < -0.3 is 14.8 Å². The molecule has 0 fully saturated rings. The summed E-state index contributed by atoms with van der Waals surface area (Å²) in [5.41, 5.74) is 3.30. The number of rotatable bonds is 5. The van der Waals surface area contributed by atoms with E-state index in [-0.39, 0.29) is 0 Å². The van der Waals surface area contributed by atoms with Crippen LogP contribution in [0.25, 0.3) is 0 Å². The van der Waals surface area contributed by atoms with Gasteiger partial charge in [0.25, 0.3) is 0 Å². The summed E-state index contributed by atoms with van der Waals surface area (Å²) in [6.45, 7) is 2.78. The maximum absolute atomic E-state index is 5.35. The third-order valence-corrected chi connectivity index (χ3v) is 3.60. The van der Waals surface area contributed by atoms with Crippen molar-refractivity contribution in [1.82, 2.24) is 0 Å². The third kappa shape index (κ3) is 3.45. The first-order valence-corrected chi connectivity index (χ1v) is 7.14. The topological polar surface area (TPSA) is 30.5 Å². The molecule has 0 bridgehead atoms. The Bertz CT molecular complexity index is 599. The Morgan fingerprint density at radius 2 is 1.70 bits per heavy atom. The summed E-state index contributed by atoms with van der Waals surface area (Å²) in [7, 11) is 3.36. The molecule has 1 N–H and O–H groups in total. The molecule has 0 aliphatic heterocycles. The summed E-state index contributed by atoms with van der Waals surface area (Å²) in [6, 6.07) is 12.1. The number of halogens is 1. The fourth-order valence-electron chi connectivity index (χ4n) is 2.07. The lowest BCUT2D eigenvalue weighted by Crippen LogP contribution is -2.02. The van der Waals surface area contributed by atoms with Gasteiger partial charge in [0.2, 0.25) is 0 Å². The number of hydrogen-bond donors (Lipinski definition) is 1. The van der Waals surface area contributed by atoms with Crippen molar-refractivity contribution in [3.8, 4) is 11.5 Å². The lowest BCUT2D eigenvalue weighted by Gasteiger charge is -2.13. The lowest BCUT2D eigenvalue weighted by atomic mass is 10.1. The van der Waals surface area contributed by atoms with Crippen molar-refractivity contribution in [2.45, 2.75) is 13.5 Å². The van der Waals surface area contributed by atoms with Crippen LogP contribution in [0, 0.1) is 6.92 Å². The van der Waals surface area contributed by atoms with Crippen molar-refractivity contribution < 1.29 is 9.47 Å². The Hall–Kier alpha value is -1.68. The van der Waals surface area contributed by atoms with E-state index >= 15 is 0 Å². The summed E-state index contributed by atoms with van der Waals surface area (Å²) in [6.07, 6.45) is 0. The van der Waals surface area contributed by atoms with E-state index in [1.54, 1.807) is 14.2 Å². The van der Waals surface area contributed by atoms with E-state index in [9.17, 15) is 0 Å². The minimum atomic E-state index is 0.734. The highest BCUT2D eigenvalue weighted by Crippen LogP contribution is 2.28. The molecule has 4 heteroatoms. The number of anilines is 1. The highest BCUT2D eigenvalue weighted by Gasteiger charge is 2.04. The maximum Gasteiger partial charge on any atom is 0.142 e. The van der Waals surface area contributed by atoms with Gasteiger partial charge in [-0.2, -0.15) is 0 Å². The van der Waals surface area contributed by atoms with Crippen LogP contribution in [-0.2, 0) is 6.54 Å². The lowest BCUT2D eigenvalue weighted by molar-refractivity contribution is 0.411. The molecule has 2 rings (SSSR count). The molecule has 0 amide bonds. The largest absolute Gasteiger partial charge is 0.496 e. The van der Waals surface area contributed by atoms with Gasteiger partial charge in [-0.1, -0.05) is 28.1 Å². The second-order valence-electron chi connectivity index (χ2n) is 4.50. The maximum atomic E-state index is 5.35. The smallest absolute Gasteiger partial charge is 0.142 e. The molecule has 0 saturated heterocycles. The van der Waals surface area contributed by atoms with E-state index in [1.165, 1.54) is 5.56 Å². The molecule has 0 saturated carbocycles. The summed E-state index contributed by atoms with van der Waals surface area (Å²) in [4.78, 5) is 0. The number of methoxy groups -OCH3 is 2.